The van der Waals surface area contributed by atoms with Crippen molar-refractivity contribution in [1.29, 1.82) is 0 Å². The van der Waals surface area contributed by atoms with Crippen LogP contribution < -0.4 is 4.72 Å². The fraction of sp³-hybridized carbons (Fsp3) is 0.222. The first-order chi connectivity index (χ1) is 17.4. The number of amides is 1. The van der Waals surface area contributed by atoms with Crippen LogP contribution in [0.25, 0.3) is 10.9 Å². The van der Waals surface area contributed by atoms with Crippen molar-refractivity contribution in [3.63, 3.8) is 0 Å². The number of piperazine rings is 1. The van der Waals surface area contributed by atoms with E-state index in [1.165, 1.54) is 0 Å². The summed E-state index contributed by atoms with van der Waals surface area (Å²) in [5.74, 6) is -0.0525. The first-order valence-corrected chi connectivity index (χ1v) is 13.3. The third-order valence-corrected chi connectivity index (χ3v) is 7.77. The number of aromatic nitrogens is 2. The fourth-order valence-corrected chi connectivity index (χ4v) is 5.73. The number of benzene rings is 2. The van der Waals surface area contributed by atoms with Gasteiger partial charge in [-0.05, 0) is 55.0 Å². The maximum absolute atomic E-state index is 13.2. The average molecular weight is 502 g/mol. The molecule has 4 aromatic rings. The maximum Gasteiger partial charge on any atom is 0.264 e. The van der Waals surface area contributed by atoms with Crippen LogP contribution in [-0.4, -0.2) is 60.3 Å². The number of aryl methyl sites for hydroxylation is 1. The van der Waals surface area contributed by atoms with Gasteiger partial charge < -0.3 is 4.90 Å². The van der Waals surface area contributed by atoms with Crippen molar-refractivity contribution in [2.24, 2.45) is 0 Å². The smallest absolute Gasteiger partial charge is 0.264 e. The molecule has 9 heteroatoms. The minimum Gasteiger partial charge on any atom is -0.336 e. The number of carbonyl (C=O) groups excluding carboxylic acids is 1. The van der Waals surface area contributed by atoms with Crippen molar-refractivity contribution in [3.8, 4) is 0 Å². The zero-order valence-corrected chi connectivity index (χ0v) is 20.8. The van der Waals surface area contributed by atoms with Crippen LogP contribution in [0.2, 0.25) is 0 Å². The molecule has 1 N–H and O–H groups in total. The van der Waals surface area contributed by atoms with Crippen LogP contribution in [0.4, 0.5) is 5.69 Å². The van der Waals surface area contributed by atoms with Crippen LogP contribution in [-0.2, 0) is 16.6 Å². The van der Waals surface area contributed by atoms with E-state index in [0.29, 0.717) is 35.4 Å². The molecule has 1 fully saturated rings. The summed E-state index contributed by atoms with van der Waals surface area (Å²) in [5, 5.41) is 0.748. The Kier molecular flexibility index (Phi) is 6.67. The van der Waals surface area contributed by atoms with E-state index in [0.717, 1.165) is 30.7 Å². The largest absolute Gasteiger partial charge is 0.336 e. The van der Waals surface area contributed by atoms with Crippen LogP contribution in [0.3, 0.4) is 0 Å². The van der Waals surface area contributed by atoms with Gasteiger partial charge in [-0.3, -0.25) is 24.4 Å². The standard InChI is InChI=1S/C27H27N5O3S/c1-20-18-22(27(33)32-16-14-31(15-17-32)19-23-8-2-3-12-28-23)10-11-24(20)30-36(34,35)25-9-4-6-21-7-5-13-29-26(21)25/h2-13,18,30H,14-17,19H2,1H3. The van der Waals surface area contributed by atoms with E-state index >= 15 is 0 Å². The van der Waals surface area contributed by atoms with Crippen LogP contribution >= 0.6 is 0 Å². The van der Waals surface area contributed by atoms with Gasteiger partial charge >= 0.3 is 0 Å². The normalized spacial score (nSPS) is 14.6. The topological polar surface area (TPSA) is 95.5 Å². The summed E-state index contributed by atoms with van der Waals surface area (Å²) < 4.78 is 29.0. The average Bonchev–Trinajstić information content (AvgIpc) is 2.90. The molecule has 1 aliphatic rings. The van der Waals surface area contributed by atoms with Gasteiger partial charge in [0.05, 0.1) is 16.9 Å². The molecule has 1 aliphatic heterocycles. The number of hydrogen-bond acceptors (Lipinski definition) is 6. The molecule has 0 unspecified atom stereocenters. The molecule has 5 rings (SSSR count). The number of anilines is 1. The lowest BCUT2D eigenvalue weighted by Crippen LogP contribution is -2.48. The first kappa shape index (κ1) is 23.9. The Bertz CT molecular complexity index is 1500. The lowest BCUT2D eigenvalue weighted by atomic mass is 10.1. The predicted molar refractivity (Wildman–Crippen MR) is 139 cm³/mol. The molecule has 3 heterocycles. The molecule has 0 spiro atoms. The molecule has 0 atom stereocenters. The molecule has 1 saturated heterocycles. The van der Waals surface area contributed by atoms with E-state index < -0.39 is 10.0 Å². The molecule has 2 aromatic heterocycles. The van der Waals surface area contributed by atoms with Crippen LogP contribution in [0, 0.1) is 6.92 Å². The van der Waals surface area contributed by atoms with E-state index in [-0.39, 0.29) is 10.8 Å². The number of nitrogens with one attached hydrogen (secondary N) is 1. The van der Waals surface area contributed by atoms with Crippen molar-refractivity contribution in [3.05, 3.63) is 95.9 Å². The molecule has 0 aliphatic carbocycles. The lowest BCUT2D eigenvalue weighted by molar-refractivity contribution is 0.0627. The lowest BCUT2D eigenvalue weighted by Gasteiger charge is -2.34. The van der Waals surface area contributed by atoms with Crippen LogP contribution in [0.1, 0.15) is 21.6 Å². The van der Waals surface area contributed by atoms with Crippen molar-refractivity contribution >= 4 is 32.5 Å². The number of pyridine rings is 2. The Morgan fingerprint density at radius 3 is 2.44 bits per heavy atom. The summed E-state index contributed by atoms with van der Waals surface area (Å²) in [6.07, 6.45) is 3.37. The second-order valence-corrected chi connectivity index (χ2v) is 10.5. The van der Waals surface area contributed by atoms with Crippen molar-refractivity contribution < 1.29 is 13.2 Å². The highest BCUT2D eigenvalue weighted by Crippen LogP contribution is 2.25. The van der Waals surface area contributed by atoms with Gasteiger partial charge in [-0.25, -0.2) is 8.42 Å². The summed E-state index contributed by atoms with van der Waals surface area (Å²) in [6, 6.07) is 19.6. The Hall–Kier alpha value is -3.82. The number of para-hydroxylation sites is 1. The van der Waals surface area contributed by atoms with Crippen molar-refractivity contribution in [2.45, 2.75) is 18.4 Å². The SMILES string of the molecule is Cc1cc(C(=O)N2CCN(Cc3ccccn3)CC2)ccc1NS(=O)(=O)c1cccc2cccnc12. The number of fused-ring (bicyclic) bond motifs is 1. The monoisotopic (exact) mass is 501 g/mol. The molecular weight excluding hydrogens is 474 g/mol. The summed E-state index contributed by atoms with van der Waals surface area (Å²) in [5.41, 5.74) is 3.08. The van der Waals surface area contributed by atoms with Crippen molar-refractivity contribution in [2.75, 3.05) is 30.9 Å². The summed E-state index contributed by atoms with van der Waals surface area (Å²) in [6.45, 7) is 5.38. The second kappa shape index (κ2) is 10.0. The summed E-state index contributed by atoms with van der Waals surface area (Å²) in [4.78, 5) is 26.0. The predicted octanol–water partition coefficient (Wildman–Crippen LogP) is 3.70. The zero-order valence-electron chi connectivity index (χ0n) is 20.0. The Labute approximate surface area is 210 Å². The molecule has 8 nitrogen and oxygen atoms in total. The van der Waals surface area contributed by atoms with Gasteiger partial charge in [0.25, 0.3) is 15.9 Å². The highest BCUT2D eigenvalue weighted by Gasteiger charge is 2.24. The van der Waals surface area contributed by atoms with E-state index in [4.69, 9.17) is 0 Å². The Morgan fingerprint density at radius 2 is 1.69 bits per heavy atom. The Morgan fingerprint density at radius 1 is 0.917 bits per heavy atom. The number of sulfonamides is 1. The molecule has 2 aromatic carbocycles. The third kappa shape index (κ3) is 5.07. The zero-order chi connectivity index (χ0) is 25.1. The molecule has 0 saturated carbocycles. The highest BCUT2D eigenvalue weighted by molar-refractivity contribution is 7.93. The highest BCUT2D eigenvalue weighted by atomic mass is 32.2. The van der Waals surface area contributed by atoms with E-state index in [1.807, 2.05) is 35.2 Å². The number of rotatable bonds is 6. The molecule has 1 amide bonds. The van der Waals surface area contributed by atoms with Gasteiger partial charge in [-0.2, -0.15) is 0 Å². The number of nitrogens with zero attached hydrogens (tertiary/aromatic N) is 4. The van der Waals surface area contributed by atoms with Crippen LogP contribution in [0.15, 0.2) is 84.0 Å². The van der Waals surface area contributed by atoms with Gasteiger partial charge in [-0.1, -0.05) is 24.3 Å². The molecule has 0 bridgehead atoms. The number of carbonyl (C=O) groups is 1. The van der Waals surface area contributed by atoms with Gasteiger partial charge in [0.2, 0.25) is 0 Å². The van der Waals surface area contributed by atoms with E-state index in [1.54, 1.807) is 55.7 Å². The summed E-state index contributed by atoms with van der Waals surface area (Å²) >= 11 is 0. The van der Waals surface area contributed by atoms with Gasteiger partial charge in [0, 0.05) is 56.1 Å². The third-order valence-electron chi connectivity index (χ3n) is 6.37. The number of hydrogen-bond donors (Lipinski definition) is 1. The molecule has 0 radical (unpaired) electrons. The van der Waals surface area contributed by atoms with Crippen LogP contribution in [0.5, 0.6) is 0 Å². The molecular formula is C27H27N5O3S. The van der Waals surface area contributed by atoms with Gasteiger partial charge in [-0.15, -0.1) is 0 Å². The molecule has 184 valence electrons. The maximum atomic E-state index is 13.2. The molecule has 36 heavy (non-hydrogen) atoms. The van der Waals surface area contributed by atoms with E-state index in [9.17, 15) is 13.2 Å². The van der Waals surface area contributed by atoms with E-state index in [2.05, 4.69) is 19.6 Å². The first-order valence-electron chi connectivity index (χ1n) is 11.8. The minimum atomic E-state index is -3.87. The second-order valence-electron chi connectivity index (χ2n) is 8.86. The van der Waals surface area contributed by atoms with Gasteiger partial charge in [0.1, 0.15) is 4.90 Å². The quantitative estimate of drug-likeness (QED) is 0.433. The van der Waals surface area contributed by atoms with Gasteiger partial charge in [0.15, 0.2) is 0 Å². The minimum absolute atomic E-state index is 0.0525. The fourth-order valence-electron chi connectivity index (χ4n) is 4.42. The summed E-state index contributed by atoms with van der Waals surface area (Å²) in [7, 11) is -3.87. The Balaban J connectivity index is 1.26. The van der Waals surface area contributed by atoms with Crippen molar-refractivity contribution in [1.82, 2.24) is 19.8 Å².